The van der Waals surface area contributed by atoms with Crippen molar-refractivity contribution in [3.63, 3.8) is 0 Å². The van der Waals surface area contributed by atoms with Gasteiger partial charge in [-0.3, -0.25) is 14.4 Å². The fourth-order valence-electron chi connectivity index (χ4n) is 4.99. The van der Waals surface area contributed by atoms with Crippen LogP contribution in [-0.2, 0) is 20.5 Å². The minimum atomic E-state index is -4.44. The summed E-state index contributed by atoms with van der Waals surface area (Å²) in [6.07, 6.45) is -1.87. The molecule has 1 aromatic carbocycles. The Morgan fingerprint density at radius 3 is 2.00 bits per heavy atom. The van der Waals surface area contributed by atoms with Crippen molar-refractivity contribution in [1.82, 2.24) is 14.7 Å². The Labute approximate surface area is 196 Å². The SMILES string of the molecule is O=C(c1ccc(C(F)(F)F)cc1)N1CCC(C(=O)N2CCCC(C(=O)N3CCOCC3)C2)CC1. The maximum absolute atomic E-state index is 13.1. The van der Waals surface area contributed by atoms with Gasteiger partial charge in [-0.25, -0.2) is 0 Å². The summed E-state index contributed by atoms with van der Waals surface area (Å²) in [5.41, 5.74) is -0.585. The number of carbonyl (C=O) groups excluding carboxylic acids is 3. The number of piperidine rings is 2. The lowest BCUT2D eigenvalue weighted by Gasteiger charge is -2.39. The van der Waals surface area contributed by atoms with Gasteiger partial charge in [0.25, 0.3) is 5.91 Å². The van der Waals surface area contributed by atoms with Gasteiger partial charge in [-0.15, -0.1) is 0 Å². The number of morpholine rings is 1. The summed E-state index contributed by atoms with van der Waals surface area (Å²) >= 11 is 0. The monoisotopic (exact) mass is 481 g/mol. The third kappa shape index (κ3) is 5.54. The van der Waals surface area contributed by atoms with E-state index in [1.165, 1.54) is 12.1 Å². The molecule has 4 rings (SSSR count). The van der Waals surface area contributed by atoms with Gasteiger partial charge in [0.2, 0.25) is 11.8 Å². The predicted molar refractivity (Wildman–Crippen MR) is 117 cm³/mol. The molecular formula is C24H30F3N3O4. The summed E-state index contributed by atoms with van der Waals surface area (Å²) in [5.74, 6) is -0.598. The van der Waals surface area contributed by atoms with Crippen molar-refractivity contribution >= 4 is 17.7 Å². The van der Waals surface area contributed by atoms with E-state index in [0.29, 0.717) is 65.3 Å². The van der Waals surface area contributed by atoms with Gasteiger partial charge in [0.15, 0.2) is 0 Å². The lowest BCUT2D eigenvalue weighted by molar-refractivity contribution is -0.146. The van der Waals surface area contributed by atoms with Gasteiger partial charge in [-0.05, 0) is 49.9 Å². The number of benzene rings is 1. The lowest BCUT2D eigenvalue weighted by atomic mass is 9.91. The molecule has 0 N–H and O–H groups in total. The van der Waals surface area contributed by atoms with E-state index in [4.69, 9.17) is 4.74 Å². The van der Waals surface area contributed by atoms with Gasteiger partial charge in [0, 0.05) is 50.7 Å². The molecule has 34 heavy (non-hydrogen) atoms. The molecule has 3 saturated heterocycles. The average molecular weight is 482 g/mol. The van der Waals surface area contributed by atoms with Crippen LogP contribution in [0.1, 0.15) is 41.6 Å². The van der Waals surface area contributed by atoms with Crippen LogP contribution in [0.2, 0.25) is 0 Å². The number of hydrogen-bond donors (Lipinski definition) is 0. The van der Waals surface area contributed by atoms with E-state index in [-0.39, 0.29) is 35.1 Å². The zero-order chi connectivity index (χ0) is 24.3. The van der Waals surface area contributed by atoms with Crippen LogP contribution in [-0.4, -0.2) is 84.9 Å². The minimum Gasteiger partial charge on any atom is -0.378 e. The Morgan fingerprint density at radius 2 is 1.38 bits per heavy atom. The Balaban J connectivity index is 1.29. The Morgan fingerprint density at radius 1 is 0.765 bits per heavy atom. The fourth-order valence-corrected chi connectivity index (χ4v) is 4.99. The molecule has 186 valence electrons. The zero-order valence-electron chi connectivity index (χ0n) is 19.1. The van der Waals surface area contributed by atoms with Crippen molar-refractivity contribution in [3.8, 4) is 0 Å². The Kier molecular flexibility index (Phi) is 7.45. The van der Waals surface area contributed by atoms with Crippen molar-refractivity contribution < 1.29 is 32.3 Å². The molecule has 0 saturated carbocycles. The number of alkyl halides is 3. The molecule has 1 unspecified atom stereocenters. The van der Waals surface area contributed by atoms with E-state index in [9.17, 15) is 27.6 Å². The van der Waals surface area contributed by atoms with E-state index in [2.05, 4.69) is 0 Å². The van der Waals surface area contributed by atoms with Crippen molar-refractivity contribution in [2.24, 2.45) is 11.8 Å². The Hall–Kier alpha value is -2.62. The number of likely N-dealkylation sites (tertiary alicyclic amines) is 2. The summed E-state index contributed by atoms with van der Waals surface area (Å²) in [5, 5.41) is 0. The normalized spacial score (nSPS) is 22.6. The largest absolute Gasteiger partial charge is 0.416 e. The number of nitrogens with zero attached hydrogens (tertiary/aromatic N) is 3. The summed E-state index contributed by atoms with van der Waals surface area (Å²) in [6.45, 7) is 4.09. The van der Waals surface area contributed by atoms with E-state index in [1.807, 2.05) is 4.90 Å². The standard InChI is InChI=1S/C24H30F3N3O4/c25-24(26,27)20-5-3-17(4-6-20)21(31)28-10-7-18(8-11-28)22(32)30-9-1-2-19(16-30)23(33)29-12-14-34-15-13-29/h3-6,18-19H,1-2,7-16H2. The molecule has 3 aliphatic rings. The number of hydrogen-bond acceptors (Lipinski definition) is 4. The van der Waals surface area contributed by atoms with Crippen LogP contribution in [0, 0.1) is 11.8 Å². The molecule has 0 aromatic heterocycles. The van der Waals surface area contributed by atoms with Crippen LogP contribution in [0.5, 0.6) is 0 Å². The number of carbonyl (C=O) groups is 3. The van der Waals surface area contributed by atoms with Crippen LogP contribution in [0.4, 0.5) is 13.2 Å². The van der Waals surface area contributed by atoms with Crippen LogP contribution in [0.15, 0.2) is 24.3 Å². The second kappa shape index (κ2) is 10.3. The topological polar surface area (TPSA) is 70.2 Å². The van der Waals surface area contributed by atoms with Gasteiger partial charge in [0.05, 0.1) is 24.7 Å². The van der Waals surface area contributed by atoms with E-state index < -0.39 is 11.7 Å². The van der Waals surface area contributed by atoms with Crippen LogP contribution >= 0.6 is 0 Å². The maximum atomic E-state index is 13.1. The molecule has 0 spiro atoms. The van der Waals surface area contributed by atoms with Gasteiger partial charge < -0.3 is 19.4 Å². The molecule has 7 nitrogen and oxygen atoms in total. The van der Waals surface area contributed by atoms with Gasteiger partial charge >= 0.3 is 6.18 Å². The highest BCUT2D eigenvalue weighted by Crippen LogP contribution is 2.30. The van der Waals surface area contributed by atoms with Crippen LogP contribution < -0.4 is 0 Å². The smallest absolute Gasteiger partial charge is 0.378 e. The third-order valence-corrected chi connectivity index (χ3v) is 7.00. The third-order valence-electron chi connectivity index (χ3n) is 7.00. The summed E-state index contributed by atoms with van der Waals surface area (Å²) < 4.78 is 43.6. The molecule has 0 radical (unpaired) electrons. The fraction of sp³-hybridized carbons (Fsp3) is 0.625. The first-order valence-electron chi connectivity index (χ1n) is 11.9. The molecule has 0 aliphatic carbocycles. The summed E-state index contributed by atoms with van der Waals surface area (Å²) in [7, 11) is 0. The molecule has 0 bridgehead atoms. The van der Waals surface area contributed by atoms with Crippen LogP contribution in [0.25, 0.3) is 0 Å². The molecular weight excluding hydrogens is 451 g/mol. The molecule has 1 aromatic rings. The van der Waals surface area contributed by atoms with Crippen molar-refractivity contribution in [3.05, 3.63) is 35.4 Å². The zero-order valence-corrected chi connectivity index (χ0v) is 19.1. The Bertz CT molecular complexity index is 892. The van der Waals surface area contributed by atoms with Crippen molar-refractivity contribution in [2.75, 3.05) is 52.5 Å². The summed E-state index contributed by atoms with van der Waals surface area (Å²) in [4.78, 5) is 43.9. The van der Waals surface area contributed by atoms with Crippen molar-refractivity contribution in [1.29, 1.82) is 0 Å². The number of halogens is 3. The summed E-state index contributed by atoms with van der Waals surface area (Å²) in [6, 6.07) is 4.21. The van der Waals surface area contributed by atoms with Gasteiger partial charge in [-0.1, -0.05) is 0 Å². The van der Waals surface area contributed by atoms with E-state index >= 15 is 0 Å². The molecule has 3 aliphatic heterocycles. The minimum absolute atomic E-state index is 0.0288. The van der Waals surface area contributed by atoms with Gasteiger partial charge in [0.1, 0.15) is 0 Å². The predicted octanol–water partition coefficient (Wildman–Crippen LogP) is 2.66. The van der Waals surface area contributed by atoms with Crippen LogP contribution in [0.3, 0.4) is 0 Å². The first-order valence-corrected chi connectivity index (χ1v) is 11.9. The second-order valence-electron chi connectivity index (χ2n) is 9.20. The van der Waals surface area contributed by atoms with E-state index in [0.717, 1.165) is 25.0 Å². The number of rotatable bonds is 3. The highest BCUT2D eigenvalue weighted by Gasteiger charge is 2.36. The first kappa shape index (κ1) is 24.5. The quantitative estimate of drug-likeness (QED) is 0.666. The lowest BCUT2D eigenvalue weighted by Crippen LogP contribution is -2.51. The molecule has 10 heteroatoms. The highest BCUT2D eigenvalue weighted by molar-refractivity contribution is 5.94. The maximum Gasteiger partial charge on any atom is 0.416 e. The average Bonchev–Trinajstić information content (AvgIpc) is 2.87. The van der Waals surface area contributed by atoms with E-state index in [1.54, 1.807) is 9.80 Å². The molecule has 1 atom stereocenters. The molecule has 3 amide bonds. The highest BCUT2D eigenvalue weighted by atomic mass is 19.4. The van der Waals surface area contributed by atoms with Gasteiger partial charge in [-0.2, -0.15) is 13.2 Å². The number of ether oxygens (including phenoxy) is 1. The first-order chi connectivity index (χ1) is 16.2. The molecule has 3 heterocycles. The molecule has 3 fully saturated rings. The van der Waals surface area contributed by atoms with Crippen molar-refractivity contribution in [2.45, 2.75) is 31.9 Å². The number of amides is 3. The second-order valence-corrected chi connectivity index (χ2v) is 9.20.